The smallest absolute Gasteiger partial charge is 0.189 e. The molecule has 0 spiro atoms. The van der Waals surface area contributed by atoms with Gasteiger partial charge in [-0.1, -0.05) is 6.07 Å². The van der Waals surface area contributed by atoms with Gasteiger partial charge in [-0.05, 0) is 63.3 Å². The van der Waals surface area contributed by atoms with E-state index in [1.807, 2.05) is 20.8 Å². The molecule has 2 fully saturated rings. The minimum Gasteiger partial charge on any atom is -0.378 e. The number of rotatable bonds is 4. The van der Waals surface area contributed by atoms with Crippen LogP contribution in [-0.2, 0) is 19.4 Å². The quantitative estimate of drug-likeness (QED) is 0.885. The van der Waals surface area contributed by atoms with Crippen LogP contribution in [0, 0.1) is 19.8 Å². The van der Waals surface area contributed by atoms with Crippen molar-refractivity contribution >= 4 is 15.6 Å². The monoisotopic (exact) mass is 365 g/mol. The van der Waals surface area contributed by atoms with Crippen LogP contribution in [0.1, 0.15) is 37.3 Å². The fourth-order valence-corrected chi connectivity index (χ4v) is 5.72. The zero-order chi connectivity index (χ0) is 18.2. The van der Waals surface area contributed by atoms with E-state index in [0.29, 0.717) is 13.0 Å². The van der Waals surface area contributed by atoms with Gasteiger partial charge in [0.2, 0.25) is 0 Å². The SMILES string of the molecule is CCOC1CCC2NCC(S(=O)(=O)c3ccc(C)c(C)c3)C(=O)C2C1. The third-order valence-corrected chi connectivity index (χ3v) is 7.69. The summed E-state index contributed by atoms with van der Waals surface area (Å²) in [5.41, 5.74) is 1.96. The summed E-state index contributed by atoms with van der Waals surface area (Å²) in [6.07, 6.45) is 2.45. The highest BCUT2D eigenvalue weighted by molar-refractivity contribution is 7.92. The Labute approximate surface area is 150 Å². The van der Waals surface area contributed by atoms with E-state index in [1.165, 1.54) is 0 Å². The normalized spacial score (nSPS) is 30.1. The van der Waals surface area contributed by atoms with Gasteiger partial charge in [0.15, 0.2) is 15.6 Å². The van der Waals surface area contributed by atoms with Gasteiger partial charge in [-0.15, -0.1) is 0 Å². The molecule has 4 unspecified atom stereocenters. The summed E-state index contributed by atoms with van der Waals surface area (Å²) >= 11 is 0. The van der Waals surface area contributed by atoms with Crippen molar-refractivity contribution in [1.82, 2.24) is 5.32 Å². The number of aryl methyl sites for hydroxylation is 2. The molecule has 1 saturated heterocycles. The maximum atomic E-state index is 13.1. The van der Waals surface area contributed by atoms with Crippen molar-refractivity contribution in [3.05, 3.63) is 29.3 Å². The number of fused-ring (bicyclic) bond motifs is 1. The predicted molar refractivity (Wildman–Crippen MR) is 96.4 cm³/mol. The molecule has 4 atom stereocenters. The molecule has 6 heteroatoms. The van der Waals surface area contributed by atoms with Gasteiger partial charge in [-0.25, -0.2) is 8.42 Å². The number of piperidine rings is 1. The molecule has 2 aliphatic rings. The first kappa shape index (κ1) is 18.5. The van der Waals surface area contributed by atoms with Gasteiger partial charge in [0.25, 0.3) is 0 Å². The van der Waals surface area contributed by atoms with E-state index in [2.05, 4.69) is 5.32 Å². The molecule has 5 nitrogen and oxygen atoms in total. The highest BCUT2D eigenvalue weighted by Gasteiger charge is 2.46. The van der Waals surface area contributed by atoms with Crippen LogP contribution in [0.3, 0.4) is 0 Å². The van der Waals surface area contributed by atoms with Crippen LogP contribution >= 0.6 is 0 Å². The highest BCUT2D eigenvalue weighted by atomic mass is 32.2. The standard InChI is InChI=1S/C19H27NO4S/c1-4-24-14-6-8-17-16(10-14)19(21)18(11-20-17)25(22,23)15-7-5-12(2)13(3)9-15/h5,7,9,14,16-18,20H,4,6,8,10-11H2,1-3H3. The molecule has 1 aromatic rings. The van der Waals surface area contributed by atoms with Crippen LogP contribution in [0.2, 0.25) is 0 Å². The summed E-state index contributed by atoms with van der Waals surface area (Å²) in [6, 6.07) is 5.17. The third-order valence-electron chi connectivity index (χ3n) is 5.63. The van der Waals surface area contributed by atoms with E-state index in [9.17, 15) is 13.2 Å². The first-order valence-corrected chi connectivity index (χ1v) is 10.6. The molecular weight excluding hydrogens is 338 g/mol. The fourth-order valence-electron chi connectivity index (χ4n) is 3.99. The van der Waals surface area contributed by atoms with E-state index in [0.717, 1.165) is 24.0 Å². The lowest BCUT2D eigenvalue weighted by atomic mass is 9.77. The molecule has 1 N–H and O–H groups in total. The summed E-state index contributed by atoms with van der Waals surface area (Å²) in [4.78, 5) is 13.2. The molecule has 0 radical (unpaired) electrons. The lowest BCUT2D eigenvalue weighted by Gasteiger charge is -2.41. The number of carbonyl (C=O) groups is 1. The molecule has 3 rings (SSSR count). The van der Waals surface area contributed by atoms with Gasteiger partial charge in [0, 0.05) is 25.1 Å². The molecule has 1 aliphatic heterocycles. The minimum atomic E-state index is -3.68. The minimum absolute atomic E-state index is 0.0556. The summed E-state index contributed by atoms with van der Waals surface area (Å²) in [7, 11) is -3.68. The number of hydrogen-bond acceptors (Lipinski definition) is 5. The number of sulfone groups is 1. The number of Topliss-reactive ketones (excluding diaryl/α,β-unsaturated/α-hetero) is 1. The average molecular weight is 365 g/mol. The lowest BCUT2D eigenvalue weighted by Crippen LogP contribution is -2.58. The topological polar surface area (TPSA) is 72.5 Å². The van der Waals surface area contributed by atoms with E-state index in [1.54, 1.807) is 18.2 Å². The van der Waals surface area contributed by atoms with Gasteiger partial charge in [0.05, 0.1) is 11.0 Å². The van der Waals surface area contributed by atoms with Crippen LogP contribution in [0.4, 0.5) is 0 Å². The number of carbonyl (C=O) groups excluding carboxylic acids is 1. The van der Waals surface area contributed by atoms with Crippen LogP contribution < -0.4 is 5.32 Å². The van der Waals surface area contributed by atoms with Gasteiger partial charge in [-0.2, -0.15) is 0 Å². The maximum Gasteiger partial charge on any atom is 0.189 e. The van der Waals surface area contributed by atoms with Crippen LogP contribution in [-0.4, -0.2) is 44.7 Å². The van der Waals surface area contributed by atoms with Crippen molar-refractivity contribution in [3.63, 3.8) is 0 Å². The summed E-state index contributed by atoms with van der Waals surface area (Å²) in [5, 5.41) is 2.31. The zero-order valence-corrected chi connectivity index (χ0v) is 15.9. The number of nitrogens with one attached hydrogen (secondary N) is 1. The van der Waals surface area contributed by atoms with E-state index >= 15 is 0 Å². The van der Waals surface area contributed by atoms with Gasteiger partial charge >= 0.3 is 0 Å². The number of hydrogen-bond donors (Lipinski definition) is 1. The molecule has 1 heterocycles. The first-order chi connectivity index (χ1) is 11.8. The summed E-state index contributed by atoms with van der Waals surface area (Å²) < 4.78 is 31.8. The van der Waals surface area contributed by atoms with Crippen LogP contribution in [0.5, 0.6) is 0 Å². The second kappa shape index (κ2) is 7.17. The van der Waals surface area contributed by atoms with Crippen molar-refractivity contribution in [1.29, 1.82) is 0 Å². The van der Waals surface area contributed by atoms with Gasteiger partial charge in [0.1, 0.15) is 5.25 Å². The Morgan fingerprint density at radius 1 is 1.20 bits per heavy atom. The molecule has 0 bridgehead atoms. The van der Waals surface area contributed by atoms with Crippen molar-refractivity contribution < 1.29 is 17.9 Å². The molecule has 138 valence electrons. The molecular formula is C19H27NO4S. The highest BCUT2D eigenvalue weighted by Crippen LogP contribution is 2.33. The maximum absolute atomic E-state index is 13.1. The molecule has 0 amide bonds. The summed E-state index contributed by atoms with van der Waals surface area (Å²) in [6.45, 7) is 6.60. The fraction of sp³-hybridized carbons (Fsp3) is 0.632. The van der Waals surface area contributed by atoms with Crippen molar-refractivity contribution in [2.45, 2.75) is 62.3 Å². The first-order valence-electron chi connectivity index (χ1n) is 9.04. The van der Waals surface area contributed by atoms with E-state index in [-0.39, 0.29) is 35.3 Å². The number of ether oxygens (including phenoxy) is 1. The van der Waals surface area contributed by atoms with Crippen LogP contribution in [0.15, 0.2) is 23.1 Å². The zero-order valence-electron chi connectivity index (χ0n) is 15.1. The average Bonchev–Trinajstić information content (AvgIpc) is 2.58. The second-order valence-electron chi connectivity index (χ2n) is 7.19. The van der Waals surface area contributed by atoms with Gasteiger partial charge in [-0.3, -0.25) is 4.79 Å². The van der Waals surface area contributed by atoms with Crippen LogP contribution in [0.25, 0.3) is 0 Å². The Morgan fingerprint density at radius 2 is 1.96 bits per heavy atom. The summed E-state index contributed by atoms with van der Waals surface area (Å²) in [5.74, 6) is -0.420. The Morgan fingerprint density at radius 3 is 2.64 bits per heavy atom. The number of ketones is 1. The third kappa shape index (κ3) is 3.52. The largest absolute Gasteiger partial charge is 0.378 e. The molecule has 1 aromatic carbocycles. The predicted octanol–water partition coefficient (Wildman–Crippen LogP) is 2.19. The second-order valence-corrected chi connectivity index (χ2v) is 9.32. The molecule has 1 saturated carbocycles. The van der Waals surface area contributed by atoms with Crippen molar-refractivity contribution in [2.75, 3.05) is 13.2 Å². The Bertz CT molecular complexity index is 759. The Balaban J connectivity index is 1.85. The van der Waals surface area contributed by atoms with E-state index in [4.69, 9.17) is 4.74 Å². The molecule has 25 heavy (non-hydrogen) atoms. The Hall–Kier alpha value is -1.24. The van der Waals surface area contributed by atoms with Gasteiger partial charge < -0.3 is 10.1 Å². The molecule has 1 aliphatic carbocycles. The van der Waals surface area contributed by atoms with Crippen molar-refractivity contribution in [2.24, 2.45) is 5.92 Å². The Kier molecular flexibility index (Phi) is 5.32. The van der Waals surface area contributed by atoms with E-state index < -0.39 is 15.1 Å². The lowest BCUT2D eigenvalue weighted by molar-refractivity contribution is -0.128. The van der Waals surface area contributed by atoms with Crippen molar-refractivity contribution in [3.8, 4) is 0 Å². The molecule has 0 aromatic heterocycles. The number of benzene rings is 1.